The lowest BCUT2D eigenvalue weighted by atomic mass is 9.42. The number of hydrogen-bond acceptors (Lipinski definition) is 11. The molecule has 0 spiro atoms. The molecular formula is C44H66N4O11S. The van der Waals surface area contributed by atoms with E-state index >= 15 is 0 Å². The Morgan fingerprint density at radius 1 is 0.933 bits per heavy atom. The molecule has 0 bridgehead atoms. The third-order valence-corrected chi connectivity index (χ3v) is 17.6. The van der Waals surface area contributed by atoms with Crippen LogP contribution in [0.15, 0.2) is 11.6 Å². The number of rotatable bonds is 18. The summed E-state index contributed by atoms with van der Waals surface area (Å²) in [4.78, 5) is 74.7. The first-order chi connectivity index (χ1) is 28.7. The summed E-state index contributed by atoms with van der Waals surface area (Å²) in [5.41, 5.74) is -0.864. The molecular weight excluding hydrogens is 793 g/mol. The van der Waals surface area contributed by atoms with E-state index < -0.39 is 29.1 Å². The Balaban J connectivity index is 0.747. The van der Waals surface area contributed by atoms with Crippen LogP contribution in [0.1, 0.15) is 123 Å². The highest BCUT2D eigenvalue weighted by atomic mass is 32.2. The number of carboxylic acids is 1. The van der Waals surface area contributed by atoms with Crippen LogP contribution in [0.3, 0.4) is 0 Å². The zero-order valence-electron chi connectivity index (χ0n) is 35.3. The number of carbonyl (C=O) groups is 6. The van der Waals surface area contributed by atoms with E-state index in [1.807, 2.05) is 6.92 Å². The summed E-state index contributed by atoms with van der Waals surface area (Å²) in [5.74, 6) is -0.572. The summed E-state index contributed by atoms with van der Waals surface area (Å²) < 4.78 is 11.4. The van der Waals surface area contributed by atoms with Gasteiger partial charge in [-0.15, -0.1) is 0 Å². The normalized spacial score (nSPS) is 37.9. The summed E-state index contributed by atoms with van der Waals surface area (Å²) in [6, 6.07) is -0.772. The molecule has 4 aliphatic carbocycles. The van der Waals surface area contributed by atoms with E-state index in [4.69, 9.17) is 14.6 Å². The van der Waals surface area contributed by atoms with Crippen LogP contribution in [0, 0.1) is 34.5 Å². The summed E-state index contributed by atoms with van der Waals surface area (Å²) in [5, 5.41) is 41.9. The number of aliphatic hydroxyl groups is 2. The fourth-order valence-electron chi connectivity index (χ4n) is 12.7. The van der Waals surface area contributed by atoms with E-state index in [1.165, 1.54) is 4.90 Å². The standard InChI is InChI=1S/C44H66N4O11S/c1-42-16-13-28(21-27(42)11-12-30-31(42)22-34(49)43(2)29(14-17-44(30,43)57)26-20-39(55)59-23-26)58-24-36(51)45-18-7-3-4-9-35(50)46-19-15-37(52)48-32-25-60-33(40(32)47-41(48)56)8-5-6-10-38(53)54/h20,27-34,40,49,57H,3-19,21-25H2,1-2H3,(H,45,51)(H,46,50)(H,47,56)(H,53,54)/t27-,28+,29-,30?,31+,32+,33+,34-,40+,42+,43+,44+/m1/s1. The highest BCUT2D eigenvalue weighted by molar-refractivity contribution is 8.00. The number of amides is 5. The number of hydrogen-bond donors (Lipinski definition) is 6. The maximum atomic E-state index is 12.9. The number of cyclic esters (lactones) is 1. The molecule has 7 rings (SSSR count). The van der Waals surface area contributed by atoms with Crippen molar-refractivity contribution in [3.63, 3.8) is 0 Å². The first-order valence-electron chi connectivity index (χ1n) is 22.5. The number of thioether (sulfide) groups is 1. The zero-order valence-corrected chi connectivity index (χ0v) is 36.1. The van der Waals surface area contributed by atoms with Gasteiger partial charge in [-0.3, -0.25) is 24.1 Å². The van der Waals surface area contributed by atoms with E-state index in [9.17, 15) is 39.0 Å². The monoisotopic (exact) mass is 858 g/mol. The minimum atomic E-state index is -1.01. The van der Waals surface area contributed by atoms with E-state index in [1.54, 1.807) is 17.8 Å². The average molecular weight is 859 g/mol. The summed E-state index contributed by atoms with van der Waals surface area (Å²) in [6.07, 6.45) is 12.0. The Bertz CT molecular complexity index is 1700. The lowest BCUT2D eigenvalue weighted by Gasteiger charge is -2.65. The molecule has 1 unspecified atom stereocenters. The summed E-state index contributed by atoms with van der Waals surface area (Å²) in [6.45, 7) is 5.25. The van der Waals surface area contributed by atoms with Crippen molar-refractivity contribution in [3.8, 4) is 0 Å². The molecule has 4 saturated carbocycles. The highest BCUT2D eigenvalue weighted by Gasteiger charge is 2.70. The van der Waals surface area contributed by atoms with Crippen LogP contribution in [0.25, 0.3) is 0 Å². The van der Waals surface area contributed by atoms with Crippen LogP contribution in [0.2, 0.25) is 0 Å². The van der Waals surface area contributed by atoms with Crippen molar-refractivity contribution in [2.24, 2.45) is 34.5 Å². The van der Waals surface area contributed by atoms with Crippen molar-refractivity contribution >= 4 is 47.5 Å². The van der Waals surface area contributed by atoms with Gasteiger partial charge in [0.15, 0.2) is 0 Å². The van der Waals surface area contributed by atoms with Crippen molar-refractivity contribution in [2.45, 2.75) is 158 Å². The van der Waals surface area contributed by atoms with E-state index in [2.05, 4.69) is 22.9 Å². The fraction of sp³-hybridized carbons (Fsp3) is 0.818. The van der Waals surface area contributed by atoms with Crippen LogP contribution < -0.4 is 16.0 Å². The molecule has 0 radical (unpaired) electrons. The molecule has 3 aliphatic heterocycles. The van der Waals surface area contributed by atoms with Crippen LogP contribution in [0.4, 0.5) is 4.79 Å². The van der Waals surface area contributed by atoms with Gasteiger partial charge >= 0.3 is 18.0 Å². The maximum absolute atomic E-state index is 12.9. The molecule has 334 valence electrons. The quantitative estimate of drug-likeness (QED) is 0.0658. The Labute approximate surface area is 357 Å². The summed E-state index contributed by atoms with van der Waals surface area (Å²) >= 11 is 1.70. The van der Waals surface area contributed by atoms with Gasteiger partial charge in [0.2, 0.25) is 17.7 Å². The topological polar surface area (TPSA) is 221 Å². The SMILES string of the molecule is C[C@]12CC[C@H](OCC(=O)NCCCCCC(=O)NCCC(=O)N3C(=O)N[C@@H]4[C@H](CCCCC(=O)O)SC[C@@H]43)C[C@H]1CCC1[C@@H]2C[C@@H](O)[C@]2(C)[C@@H](C3=CC(=O)OC3)CC[C@]12O. The number of unbranched alkanes of at least 4 members (excludes halogenated alkanes) is 3. The molecule has 3 heterocycles. The van der Waals surface area contributed by atoms with Crippen LogP contribution in [-0.2, 0) is 33.4 Å². The van der Waals surface area contributed by atoms with Crippen LogP contribution >= 0.6 is 11.8 Å². The van der Waals surface area contributed by atoms with Crippen LogP contribution in [0.5, 0.6) is 0 Å². The maximum Gasteiger partial charge on any atom is 0.331 e. The number of aliphatic hydroxyl groups excluding tert-OH is 1. The molecule has 0 aromatic heterocycles. The highest BCUT2D eigenvalue weighted by Crippen LogP contribution is 2.70. The first kappa shape index (κ1) is 44.8. The first-order valence-corrected chi connectivity index (χ1v) is 23.6. The molecule has 5 amide bonds. The molecule has 2 saturated heterocycles. The second-order valence-electron chi connectivity index (χ2n) is 19.2. The number of urea groups is 1. The number of imide groups is 1. The molecule has 60 heavy (non-hydrogen) atoms. The predicted octanol–water partition coefficient (Wildman–Crippen LogP) is 3.83. The van der Waals surface area contributed by atoms with E-state index in [0.717, 1.165) is 69.8 Å². The minimum Gasteiger partial charge on any atom is -0.481 e. The van der Waals surface area contributed by atoms with E-state index in [0.29, 0.717) is 50.3 Å². The number of carboxylic acid groups (broad SMARTS) is 1. The van der Waals surface area contributed by atoms with Gasteiger partial charge in [-0.2, -0.15) is 11.8 Å². The molecule has 15 nitrogen and oxygen atoms in total. The second kappa shape index (κ2) is 18.6. The van der Waals surface area contributed by atoms with Gasteiger partial charge in [0.25, 0.3) is 0 Å². The molecule has 0 aromatic rings. The average Bonchev–Trinajstić information content (AvgIpc) is 3.96. The molecule has 12 atom stereocenters. The largest absolute Gasteiger partial charge is 0.481 e. The molecule has 6 N–H and O–H groups in total. The number of ether oxygens (including phenoxy) is 2. The Kier molecular flexibility index (Phi) is 13.9. The van der Waals surface area contributed by atoms with E-state index in [-0.39, 0.29) is 103 Å². The zero-order chi connectivity index (χ0) is 42.8. The van der Waals surface area contributed by atoms with Crippen molar-refractivity contribution in [3.05, 3.63) is 11.6 Å². The van der Waals surface area contributed by atoms with Gasteiger partial charge in [-0.05, 0) is 112 Å². The number of nitrogens with zero attached hydrogens (tertiary/aromatic N) is 1. The van der Waals surface area contributed by atoms with Gasteiger partial charge in [0.05, 0.1) is 29.9 Å². The van der Waals surface area contributed by atoms with Gasteiger partial charge in [-0.1, -0.05) is 26.7 Å². The number of aliphatic carboxylic acids is 1. The van der Waals surface area contributed by atoms with Gasteiger partial charge in [0, 0.05) is 54.8 Å². The third-order valence-electron chi connectivity index (χ3n) is 16.1. The van der Waals surface area contributed by atoms with Crippen molar-refractivity contribution < 1.29 is 53.6 Å². The Hall–Kier alpha value is -3.21. The lowest BCUT2D eigenvalue weighted by molar-refractivity contribution is -0.245. The predicted molar refractivity (Wildman–Crippen MR) is 221 cm³/mol. The Morgan fingerprint density at radius 2 is 1.72 bits per heavy atom. The Morgan fingerprint density at radius 3 is 2.48 bits per heavy atom. The molecule has 7 aliphatic rings. The van der Waals surface area contributed by atoms with Crippen LogP contribution in [-0.4, -0.2) is 123 Å². The van der Waals surface area contributed by atoms with Crippen molar-refractivity contribution in [1.82, 2.24) is 20.9 Å². The van der Waals surface area contributed by atoms with Gasteiger partial charge < -0.3 is 40.7 Å². The molecule has 16 heteroatoms. The fourth-order valence-corrected chi connectivity index (χ4v) is 14.3. The summed E-state index contributed by atoms with van der Waals surface area (Å²) in [7, 11) is 0. The lowest BCUT2D eigenvalue weighted by Crippen LogP contribution is -2.67. The van der Waals surface area contributed by atoms with Crippen molar-refractivity contribution in [2.75, 3.05) is 32.1 Å². The van der Waals surface area contributed by atoms with Gasteiger partial charge in [-0.25, -0.2) is 9.59 Å². The number of esters is 1. The van der Waals surface area contributed by atoms with Crippen molar-refractivity contribution in [1.29, 1.82) is 0 Å². The third kappa shape index (κ3) is 8.86. The number of nitrogens with one attached hydrogen (secondary N) is 3. The second-order valence-corrected chi connectivity index (χ2v) is 20.4. The minimum absolute atomic E-state index is 0.00390. The molecule has 6 fully saturated rings. The number of carbonyl (C=O) groups excluding carboxylic acids is 5. The smallest absolute Gasteiger partial charge is 0.331 e. The van der Waals surface area contributed by atoms with Gasteiger partial charge in [0.1, 0.15) is 13.2 Å². The molecule has 0 aromatic carbocycles. The number of fused-ring (bicyclic) bond motifs is 6.